The van der Waals surface area contributed by atoms with Crippen LogP contribution in [0.2, 0.25) is 0 Å². The van der Waals surface area contributed by atoms with E-state index in [9.17, 15) is 0 Å². The van der Waals surface area contributed by atoms with Gasteiger partial charge in [-0.25, -0.2) is 0 Å². The average molecular weight is 133 g/mol. The Hall–Kier alpha value is -0.0800. The number of ether oxygens (including phenoxy) is 1. The monoisotopic (exact) mass is 133 g/mol. The molecule has 1 aliphatic heterocycles. The summed E-state index contributed by atoms with van der Waals surface area (Å²) in [6.45, 7) is 7.22. The highest BCUT2D eigenvalue weighted by atomic mass is 16.5. The minimum absolute atomic E-state index is 0. The summed E-state index contributed by atoms with van der Waals surface area (Å²) in [4.78, 5) is 0. The molecule has 0 aromatic heterocycles. The van der Waals surface area contributed by atoms with Gasteiger partial charge in [-0.1, -0.05) is 13.8 Å². The van der Waals surface area contributed by atoms with Crippen molar-refractivity contribution in [2.24, 2.45) is 5.92 Å². The Kier molecular flexibility index (Phi) is 5.99. The fourth-order valence-corrected chi connectivity index (χ4v) is 0.702. The van der Waals surface area contributed by atoms with Crippen LogP contribution in [0.1, 0.15) is 15.3 Å². The Balaban J connectivity index is 0. The van der Waals surface area contributed by atoms with Gasteiger partial charge >= 0.3 is 0 Å². The predicted molar refractivity (Wildman–Crippen MR) is 41.7 cm³/mol. The molecule has 0 unspecified atom stereocenters. The SMILES string of the molecule is CC.COCC1CNC1.[HH]. The van der Waals surface area contributed by atoms with Gasteiger partial charge in [0, 0.05) is 27.5 Å². The number of nitrogens with one attached hydrogen (secondary N) is 1. The highest BCUT2D eigenvalue weighted by Gasteiger charge is 2.14. The lowest BCUT2D eigenvalue weighted by atomic mass is 10.1. The smallest absolute Gasteiger partial charge is 0.0514 e. The van der Waals surface area contributed by atoms with Crippen LogP contribution < -0.4 is 5.32 Å². The van der Waals surface area contributed by atoms with Gasteiger partial charge in [-0.15, -0.1) is 0 Å². The summed E-state index contributed by atoms with van der Waals surface area (Å²) in [5.74, 6) is 0.796. The van der Waals surface area contributed by atoms with Crippen molar-refractivity contribution in [2.45, 2.75) is 13.8 Å². The summed E-state index contributed by atoms with van der Waals surface area (Å²) in [5.41, 5.74) is 0. The van der Waals surface area contributed by atoms with Gasteiger partial charge in [0.25, 0.3) is 0 Å². The molecule has 9 heavy (non-hydrogen) atoms. The molecule has 2 nitrogen and oxygen atoms in total. The van der Waals surface area contributed by atoms with E-state index < -0.39 is 0 Å². The second-order valence-corrected chi connectivity index (χ2v) is 1.98. The van der Waals surface area contributed by atoms with Gasteiger partial charge in [-0.3, -0.25) is 0 Å². The standard InChI is InChI=1S/C5H11NO.C2H6.H2/c1-7-4-5-2-6-3-5;1-2;/h5-6H,2-4H2,1H3;1-2H3;1H. The third kappa shape index (κ3) is 3.49. The van der Waals surface area contributed by atoms with E-state index in [-0.39, 0.29) is 1.43 Å². The molecule has 0 saturated carbocycles. The number of methoxy groups -OCH3 is 1. The zero-order chi connectivity index (χ0) is 7.11. The Morgan fingerprint density at radius 3 is 2.22 bits per heavy atom. The highest BCUT2D eigenvalue weighted by molar-refractivity contribution is 4.73. The molecule has 0 amide bonds. The van der Waals surface area contributed by atoms with E-state index in [0.29, 0.717) is 0 Å². The van der Waals surface area contributed by atoms with E-state index in [2.05, 4.69) is 5.32 Å². The summed E-state index contributed by atoms with van der Waals surface area (Å²) in [5, 5.41) is 3.17. The summed E-state index contributed by atoms with van der Waals surface area (Å²) in [6.07, 6.45) is 0. The van der Waals surface area contributed by atoms with E-state index in [1.54, 1.807) is 7.11 Å². The fraction of sp³-hybridized carbons (Fsp3) is 1.00. The van der Waals surface area contributed by atoms with E-state index in [0.717, 1.165) is 25.6 Å². The molecular formula is C7H19NO. The van der Waals surface area contributed by atoms with E-state index >= 15 is 0 Å². The summed E-state index contributed by atoms with van der Waals surface area (Å²) < 4.78 is 4.91. The molecule has 1 N–H and O–H groups in total. The van der Waals surface area contributed by atoms with Gasteiger partial charge in [-0.2, -0.15) is 0 Å². The first-order valence-corrected chi connectivity index (χ1v) is 3.63. The molecule has 1 aliphatic rings. The van der Waals surface area contributed by atoms with Crippen molar-refractivity contribution >= 4 is 0 Å². The molecular weight excluding hydrogens is 114 g/mol. The summed E-state index contributed by atoms with van der Waals surface area (Å²) >= 11 is 0. The first-order valence-electron chi connectivity index (χ1n) is 3.63. The molecule has 58 valence electrons. The first kappa shape index (κ1) is 8.92. The lowest BCUT2D eigenvalue weighted by Crippen LogP contribution is -2.44. The Labute approximate surface area is 59.1 Å². The van der Waals surface area contributed by atoms with Crippen LogP contribution in [0.3, 0.4) is 0 Å². The van der Waals surface area contributed by atoms with Crippen LogP contribution in [0.25, 0.3) is 0 Å². The average Bonchev–Trinajstić information content (AvgIpc) is 1.84. The number of hydrogen-bond donors (Lipinski definition) is 1. The van der Waals surface area contributed by atoms with Crippen molar-refractivity contribution < 1.29 is 6.16 Å². The largest absolute Gasteiger partial charge is 0.384 e. The molecule has 0 aliphatic carbocycles. The molecule has 0 bridgehead atoms. The Bertz CT molecular complexity index is 57.6. The predicted octanol–water partition coefficient (Wildman–Crippen LogP) is 1.12. The molecule has 1 fully saturated rings. The van der Waals surface area contributed by atoms with Gasteiger partial charge in [0.15, 0.2) is 0 Å². The van der Waals surface area contributed by atoms with Crippen molar-refractivity contribution in [3.8, 4) is 0 Å². The van der Waals surface area contributed by atoms with E-state index in [4.69, 9.17) is 4.74 Å². The molecule has 0 atom stereocenters. The third-order valence-electron chi connectivity index (χ3n) is 1.27. The molecule has 1 saturated heterocycles. The van der Waals surface area contributed by atoms with E-state index in [1.807, 2.05) is 13.8 Å². The van der Waals surface area contributed by atoms with Gasteiger partial charge < -0.3 is 10.1 Å². The van der Waals surface area contributed by atoms with Crippen LogP contribution >= 0.6 is 0 Å². The second kappa shape index (κ2) is 6.05. The van der Waals surface area contributed by atoms with Crippen LogP contribution in [-0.4, -0.2) is 26.8 Å². The zero-order valence-electron chi connectivity index (χ0n) is 6.61. The maximum Gasteiger partial charge on any atom is 0.0514 e. The molecule has 2 heteroatoms. The van der Waals surface area contributed by atoms with Crippen LogP contribution in [0.4, 0.5) is 0 Å². The lowest BCUT2D eigenvalue weighted by Gasteiger charge is -2.25. The summed E-state index contributed by atoms with van der Waals surface area (Å²) in [7, 11) is 1.75. The maximum absolute atomic E-state index is 4.91. The molecule has 0 aromatic carbocycles. The van der Waals surface area contributed by atoms with Gasteiger partial charge in [0.1, 0.15) is 0 Å². The summed E-state index contributed by atoms with van der Waals surface area (Å²) in [6, 6.07) is 0. The second-order valence-electron chi connectivity index (χ2n) is 1.98. The van der Waals surface area contributed by atoms with Gasteiger partial charge in [0.05, 0.1) is 6.61 Å². The highest BCUT2D eigenvalue weighted by Crippen LogP contribution is 2.00. The molecule has 1 rings (SSSR count). The van der Waals surface area contributed by atoms with Crippen molar-refractivity contribution in [3.05, 3.63) is 0 Å². The van der Waals surface area contributed by atoms with Gasteiger partial charge in [-0.05, 0) is 0 Å². The van der Waals surface area contributed by atoms with E-state index in [1.165, 1.54) is 0 Å². The minimum atomic E-state index is 0. The van der Waals surface area contributed by atoms with Crippen molar-refractivity contribution in [1.82, 2.24) is 5.32 Å². The Morgan fingerprint density at radius 2 is 2.11 bits per heavy atom. The molecule has 0 aromatic rings. The molecule has 0 radical (unpaired) electrons. The maximum atomic E-state index is 4.91. The number of hydrogen-bond acceptors (Lipinski definition) is 2. The minimum Gasteiger partial charge on any atom is -0.384 e. The number of rotatable bonds is 2. The Morgan fingerprint density at radius 1 is 1.56 bits per heavy atom. The van der Waals surface area contributed by atoms with Crippen LogP contribution in [0.5, 0.6) is 0 Å². The van der Waals surface area contributed by atoms with Crippen molar-refractivity contribution in [1.29, 1.82) is 0 Å². The van der Waals surface area contributed by atoms with Crippen LogP contribution in [0.15, 0.2) is 0 Å². The zero-order valence-corrected chi connectivity index (χ0v) is 6.61. The topological polar surface area (TPSA) is 21.3 Å². The van der Waals surface area contributed by atoms with Crippen molar-refractivity contribution in [3.63, 3.8) is 0 Å². The quantitative estimate of drug-likeness (QED) is 0.609. The molecule has 0 spiro atoms. The molecule has 1 heterocycles. The fourth-order valence-electron chi connectivity index (χ4n) is 0.702. The van der Waals surface area contributed by atoms with Crippen LogP contribution in [-0.2, 0) is 4.74 Å². The third-order valence-corrected chi connectivity index (χ3v) is 1.27. The van der Waals surface area contributed by atoms with Crippen LogP contribution in [0, 0.1) is 5.92 Å². The first-order chi connectivity index (χ1) is 4.43. The van der Waals surface area contributed by atoms with Gasteiger partial charge in [0.2, 0.25) is 0 Å². The lowest BCUT2D eigenvalue weighted by molar-refractivity contribution is 0.124. The normalized spacial score (nSPS) is 17.7. The van der Waals surface area contributed by atoms with Crippen molar-refractivity contribution in [2.75, 3.05) is 26.8 Å².